The van der Waals surface area contributed by atoms with Gasteiger partial charge in [-0.25, -0.2) is 0 Å². The van der Waals surface area contributed by atoms with Gasteiger partial charge in [0.05, 0.1) is 14.2 Å². The van der Waals surface area contributed by atoms with Crippen LogP contribution in [-0.4, -0.2) is 37.8 Å². The van der Waals surface area contributed by atoms with Crippen LogP contribution in [0.2, 0.25) is 0 Å². The van der Waals surface area contributed by atoms with Crippen LogP contribution in [0.5, 0.6) is 23.0 Å². The average molecular weight is 385 g/mol. The van der Waals surface area contributed by atoms with Crippen LogP contribution in [0.1, 0.15) is 35.3 Å². The summed E-state index contributed by atoms with van der Waals surface area (Å²) in [5.74, 6) is 2.24. The first-order valence-electron chi connectivity index (χ1n) is 9.29. The molecule has 2 heterocycles. The maximum atomic E-state index is 11.9. The van der Waals surface area contributed by atoms with Gasteiger partial charge in [-0.1, -0.05) is 6.07 Å². The predicted molar refractivity (Wildman–Crippen MR) is 100 cm³/mol. The van der Waals surface area contributed by atoms with E-state index >= 15 is 0 Å². The molecule has 3 aliphatic rings. The Labute approximate surface area is 162 Å². The highest BCUT2D eigenvalue weighted by atomic mass is 16.7. The zero-order valence-electron chi connectivity index (χ0n) is 16.0. The van der Waals surface area contributed by atoms with Crippen molar-refractivity contribution in [2.45, 2.75) is 30.6 Å². The Morgan fingerprint density at radius 3 is 2.61 bits per heavy atom. The largest absolute Gasteiger partial charge is 0.493 e. The summed E-state index contributed by atoms with van der Waals surface area (Å²) in [5, 5.41) is 26.8. The zero-order valence-corrected chi connectivity index (χ0v) is 16.0. The third-order valence-corrected chi connectivity index (χ3v) is 6.36. The molecule has 0 radical (unpaired) electrons. The molecule has 0 saturated carbocycles. The second-order valence-corrected chi connectivity index (χ2v) is 7.59. The first-order chi connectivity index (χ1) is 13.5. The fourth-order valence-electron chi connectivity index (χ4n) is 5.09. The quantitative estimate of drug-likeness (QED) is 0.725. The first kappa shape index (κ1) is 17.6. The molecule has 0 fully saturated rings. The number of hydrogen-bond acceptors (Lipinski definition) is 7. The summed E-state index contributed by atoms with van der Waals surface area (Å²) < 4.78 is 22.1. The number of fused-ring (bicyclic) bond motifs is 4. The van der Waals surface area contributed by atoms with Gasteiger partial charge >= 0.3 is 0 Å². The molecule has 3 atom stereocenters. The topological polar surface area (TPSA) is 89.4 Å². The highest BCUT2D eigenvalue weighted by molar-refractivity contribution is 5.63. The fourth-order valence-corrected chi connectivity index (χ4v) is 5.09. The van der Waals surface area contributed by atoms with Crippen LogP contribution < -0.4 is 24.3 Å². The second-order valence-electron chi connectivity index (χ2n) is 7.59. The van der Waals surface area contributed by atoms with Crippen LogP contribution in [0.3, 0.4) is 0 Å². The van der Waals surface area contributed by atoms with Gasteiger partial charge in [0.15, 0.2) is 23.0 Å². The van der Waals surface area contributed by atoms with Gasteiger partial charge in [-0.15, -0.1) is 0 Å². The van der Waals surface area contributed by atoms with Crippen molar-refractivity contribution in [1.82, 2.24) is 5.32 Å². The number of methoxy groups -OCH3 is 2. The lowest BCUT2D eigenvalue weighted by Gasteiger charge is -2.47. The summed E-state index contributed by atoms with van der Waals surface area (Å²) in [6, 6.07) is 7.36. The molecule has 3 N–H and O–H groups in total. The van der Waals surface area contributed by atoms with Crippen molar-refractivity contribution >= 4 is 0 Å². The number of rotatable bonds is 2. The highest BCUT2D eigenvalue weighted by Crippen LogP contribution is 2.62. The molecule has 28 heavy (non-hydrogen) atoms. The molecule has 5 rings (SSSR count). The molecule has 0 amide bonds. The van der Waals surface area contributed by atoms with E-state index in [0.29, 0.717) is 40.7 Å². The molecule has 7 heteroatoms. The van der Waals surface area contributed by atoms with Crippen LogP contribution in [0.25, 0.3) is 0 Å². The van der Waals surface area contributed by atoms with Crippen molar-refractivity contribution in [2.75, 3.05) is 27.6 Å². The summed E-state index contributed by atoms with van der Waals surface area (Å²) >= 11 is 0. The van der Waals surface area contributed by atoms with Gasteiger partial charge in [0.1, 0.15) is 17.2 Å². The molecular weight excluding hydrogens is 362 g/mol. The first-order valence-corrected chi connectivity index (χ1v) is 9.29. The maximum absolute atomic E-state index is 11.9. The molecule has 0 saturated heterocycles. The molecule has 2 aliphatic heterocycles. The average Bonchev–Trinajstić information content (AvgIpc) is 3.22. The molecule has 2 aromatic rings. The Hall–Kier alpha value is -2.48. The minimum absolute atomic E-state index is 0.169. The van der Waals surface area contributed by atoms with Crippen molar-refractivity contribution in [2.24, 2.45) is 0 Å². The smallest absolute Gasteiger partial charge is 0.231 e. The van der Waals surface area contributed by atoms with Crippen molar-refractivity contribution in [3.63, 3.8) is 0 Å². The van der Waals surface area contributed by atoms with Crippen LogP contribution in [0.15, 0.2) is 24.3 Å². The van der Waals surface area contributed by atoms with Crippen molar-refractivity contribution in [3.8, 4) is 23.0 Å². The van der Waals surface area contributed by atoms with E-state index in [4.69, 9.17) is 18.9 Å². The number of nitrogens with one attached hydrogen (secondary N) is 1. The summed E-state index contributed by atoms with van der Waals surface area (Å²) in [6.45, 7) is 2.48. The standard InChI is InChI=1S/C21H23NO6/c1-20(24)17-12(4-5-14(25-2)18(17)26-3)19(23)21(20)13-9-16-15(27-10-28-16)8-11(13)6-7-22-21/h4-5,8-9,19,22-24H,6-7,10H2,1-3H3/t19-,20+,21-/m0/s1. The number of aliphatic hydroxyl groups is 2. The molecular formula is C21H23NO6. The van der Waals surface area contributed by atoms with Crippen molar-refractivity contribution < 1.29 is 29.2 Å². The van der Waals surface area contributed by atoms with E-state index < -0.39 is 17.2 Å². The Kier molecular flexibility index (Phi) is 3.62. The molecule has 1 spiro atoms. The molecule has 0 bridgehead atoms. The van der Waals surface area contributed by atoms with Crippen LogP contribution in [0.4, 0.5) is 0 Å². The van der Waals surface area contributed by atoms with E-state index in [0.717, 1.165) is 17.5 Å². The third-order valence-electron chi connectivity index (χ3n) is 6.36. The molecule has 7 nitrogen and oxygen atoms in total. The predicted octanol–water partition coefficient (Wildman–Crippen LogP) is 1.73. The number of ether oxygens (including phenoxy) is 4. The number of hydrogen-bond donors (Lipinski definition) is 3. The Balaban J connectivity index is 1.79. The van der Waals surface area contributed by atoms with Crippen molar-refractivity contribution in [3.05, 3.63) is 46.5 Å². The van der Waals surface area contributed by atoms with Gasteiger partial charge in [0.2, 0.25) is 6.79 Å². The van der Waals surface area contributed by atoms with Gasteiger partial charge in [-0.3, -0.25) is 0 Å². The van der Waals surface area contributed by atoms with E-state index in [1.807, 2.05) is 12.1 Å². The lowest BCUT2D eigenvalue weighted by atomic mass is 9.70. The minimum atomic E-state index is -1.47. The van der Waals surface area contributed by atoms with Gasteiger partial charge in [0, 0.05) is 12.1 Å². The second kappa shape index (κ2) is 5.76. The van der Waals surface area contributed by atoms with Gasteiger partial charge in [0.25, 0.3) is 0 Å². The van der Waals surface area contributed by atoms with Gasteiger partial charge in [-0.05, 0) is 48.2 Å². The Morgan fingerprint density at radius 2 is 1.89 bits per heavy atom. The normalized spacial score (nSPS) is 29.5. The monoisotopic (exact) mass is 385 g/mol. The van der Waals surface area contributed by atoms with Crippen LogP contribution >= 0.6 is 0 Å². The summed E-state index contributed by atoms with van der Waals surface area (Å²) in [5.41, 5.74) is 0.341. The minimum Gasteiger partial charge on any atom is -0.493 e. The van der Waals surface area contributed by atoms with Crippen LogP contribution in [0, 0.1) is 0 Å². The third kappa shape index (κ3) is 1.93. The molecule has 1 aliphatic carbocycles. The zero-order chi connectivity index (χ0) is 19.7. The number of aliphatic hydroxyl groups excluding tert-OH is 1. The molecule has 0 aromatic heterocycles. The van der Waals surface area contributed by atoms with Gasteiger partial charge < -0.3 is 34.5 Å². The van der Waals surface area contributed by atoms with E-state index in [2.05, 4.69) is 5.32 Å². The summed E-state index contributed by atoms with van der Waals surface area (Å²) in [6.07, 6.45) is -0.232. The maximum Gasteiger partial charge on any atom is 0.231 e. The lowest BCUT2D eigenvalue weighted by molar-refractivity contribution is -0.0921. The van der Waals surface area contributed by atoms with E-state index in [1.54, 1.807) is 26.2 Å². The van der Waals surface area contributed by atoms with Crippen LogP contribution in [-0.2, 0) is 17.6 Å². The molecule has 0 unspecified atom stereocenters. The Morgan fingerprint density at radius 1 is 1.14 bits per heavy atom. The molecule has 148 valence electrons. The van der Waals surface area contributed by atoms with E-state index in [-0.39, 0.29) is 6.79 Å². The molecule has 2 aromatic carbocycles. The SMILES string of the molecule is COc1ccc2c(c1OC)[C@@](C)(O)[C@@]1(NCCc3cc4c(cc31)OCO4)[C@H]2O. The van der Waals surface area contributed by atoms with Gasteiger partial charge in [-0.2, -0.15) is 0 Å². The Bertz CT molecular complexity index is 972. The lowest BCUT2D eigenvalue weighted by Crippen LogP contribution is -2.59. The van der Waals surface area contributed by atoms with E-state index in [9.17, 15) is 10.2 Å². The van der Waals surface area contributed by atoms with E-state index in [1.165, 1.54) is 7.11 Å². The van der Waals surface area contributed by atoms with Crippen molar-refractivity contribution in [1.29, 1.82) is 0 Å². The highest BCUT2D eigenvalue weighted by Gasteiger charge is 2.64. The number of benzene rings is 2. The fraction of sp³-hybridized carbons (Fsp3) is 0.429. The summed E-state index contributed by atoms with van der Waals surface area (Å²) in [4.78, 5) is 0. The summed E-state index contributed by atoms with van der Waals surface area (Å²) in [7, 11) is 3.08.